The molecule has 4 heteroatoms. The molecule has 0 bridgehead atoms. The van der Waals surface area contributed by atoms with Crippen molar-refractivity contribution >= 4 is 11.6 Å². The van der Waals surface area contributed by atoms with Gasteiger partial charge in [-0.2, -0.15) is 5.26 Å². The van der Waals surface area contributed by atoms with Gasteiger partial charge in [0.1, 0.15) is 11.6 Å². The van der Waals surface area contributed by atoms with E-state index in [4.69, 9.17) is 5.26 Å². The van der Waals surface area contributed by atoms with E-state index in [-0.39, 0.29) is 17.5 Å². The zero-order valence-electron chi connectivity index (χ0n) is 12.2. The molecule has 1 aromatic carbocycles. The van der Waals surface area contributed by atoms with E-state index in [1.165, 1.54) is 6.20 Å². The smallest absolute Gasteiger partial charge is 0.263 e. The summed E-state index contributed by atoms with van der Waals surface area (Å²) in [4.78, 5) is 11.9. The van der Waals surface area contributed by atoms with E-state index in [0.717, 1.165) is 24.1 Å². The highest BCUT2D eigenvalue weighted by molar-refractivity contribution is 5.97. The highest BCUT2D eigenvalue weighted by atomic mass is 16.1. The highest BCUT2D eigenvalue weighted by Crippen LogP contribution is 2.15. The third-order valence-corrected chi connectivity index (χ3v) is 3.13. The van der Waals surface area contributed by atoms with Gasteiger partial charge in [0.25, 0.3) is 5.91 Å². The number of amides is 1. The molecule has 0 saturated carbocycles. The molecule has 0 saturated heterocycles. The number of nitrogens with zero attached hydrogens (tertiary/aromatic N) is 1. The van der Waals surface area contributed by atoms with Gasteiger partial charge in [0.2, 0.25) is 0 Å². The number of hydrogen-bond acceptors (Lipinski definition) is 3. The second-order valence-electron chi connectivity index (χ2n) is 4.61. The summed E-state index contributed by atoms with van der Waals surface area (Å²) in [7, 11) is 0. The van der Waals surface area contributed by atoms with Crippen molar-refractivity contribution in [1.29, 1.82) is 5.26 Å². The fraction of sp³-hybridized carbons (Fsp3) is 0.375. The first-order chi connectivity index (χ1) is 9.62. The minimum Gasteiger partial charge on any atom is -0.360 e. The Balaban J connectivity index is 2.80. The summed E-state index contributed by atoms with van der Waals surface area (Å²) >= 11 is 0. The molecule has 0 heterocycles. The van der Waals surface area contributed by atoms with E-state index < -0.39 is 0 Å². The summed E-state index contributed by atoms with van der Waals surface area (Å²) in [6.07, 6.45) is 3.18. The lowest BCUT2D eigenvalue weighted by Crippen LogP contribution is -2.33. The van der Waals surface area contributed by atoms with Gasteiger partial charge >= 0.3 is 0 Å². The molecule has 1 amide bonds. The molecule has 0 spiro atoms. The fourth-order valence-electron chi connectivity index (χ4n) is 1.67. The lowest BCUT2D eigenvalue weighted by molar-refractivity contribution is -0.117. The number of carbonyl (C=O) groups is 1. The van der Waals surface area contributed by atoms with Crippen LogP contribution in [0.5, 0.6) is 0 Å². The van der Waals surface area contributed by atoms with Gasteiger partial charge in [-0.3, -0.25) is 4.79 Å². The fourth-order valence-corrected chi connectivity index (χ4v) is 1.67. The molecule has 1 aromatic rings. The van der Waals surface area contributed by atoms with Gasteiger partial charge < -0.3 is 10.6 Å². The maximum Gasteiger partial charge on any atom is 0.263 e. The maximum atomic E-state index is 11.9. The number of para-hydroxylation sites is 1. The number of rotatable bonds is 6. The minimum atomic E-state index is -0.344. The summed E-state index contributed by atoms with van der Waals surface area (Å²) in [6.45, 7) is 5.95. The molecular weight excluding hydrogens is 250 g/mol. The highest BCUT2D eigenvalue weighted by Gasteiger charge is 2.11. The van der Waals surface area contributed by atoms with Crippen molar-refractivity contribution in [3.63, 3.8) is 0 Å². The molecule has 1 rings (SSSR count). The Morgan fingerprint density at radius 3 is 2.70 bits per heavy atom. The topological polar surface area (TPSA) is 64.9 Å². The van der Waals surface area contributed by atoms with Gasteiger partial charge in [0, 0.05) is 17.9 Å². The minimum absolute atomic E-state index is 0.0576. The first-order valence-electron chi connectivity index (χ1n) is 6.87. The number of hydrogen-bond donors (Lipinski definition) is 2. The zero-order valence-corrected chi connectivity index (χ0v) is 12.2. The molecule has 0 aliphatic rings. The van der Waals surface area contributed by atoms with E-state index in [2.05, 4.69) is 17.6 Å². The molecule has 2 N–H and O–H groups in total. The van der Waals surface area contributed by atoms with Crippen molar-refractivity contribution < 1.29 is 4.79 Å². The van der Waals surface area contributed by atoms with Crippen LogP contribution in [0, 0.1) is 11.3 Å². The molecule has 20 heavy (non-hydrogen) atoms. The Bertz CT molecular complexity index is 529. The summed E-state index contributed by atoms with van der Waals surface area (Å²) in [5, 5.41) is 14.9. The van der Waals surface area contributed by atoms with Crippen LogP contribution < -0.4 is 10.6 Å². The van der Waals surface area contributed by atoms with Crippen LogP contribution in [0.1, 0.15) is 32.8 Å². The Kier molecular flexibility index (Phi) is 6.31. The lowest BCUT2D eigenvalue weighted by Gasteiger charge is -2.11. The molecule has 4 nitrogen and oxygen atoms in total. The number of benzene rings is 1. The molecule has 106 valence electrons. The second kappa shape index (κ2) is 8.00. The normalized spacial score (nSPS) is 12.4. The molecule has 0 fully saturated rings. The van der Waals surface area contributed by atoms with Crippen molar-refractivity contribution in [2.45, 2.75) is 39.7 Å². The molecule has 1 atom stereocenters. The monoisotopic (exact) mass is 271 g/mol. The molecular formula is C16H21N3O. The van der Waals surface area contributed by atoms with Gasteiger partial charge in [-0.1, -0.05) is 32.0 Å². The lowest BCUT2D eigenvalue weighted by atomic mass is 10.1. The van der Waals surface area contributed by atoms with Gasteiger partial charge in [-0.05, 0) is 31.4 Å². The Hall–Kier alpha value is -2.28. The maximum absolute atomic E-state index is 11.9. The Morgan fingerprint density at radius 2 is 2.10 bits per heavy atom. The largest absolute Gasteiger partial charge is 0.360 e. The van der Waals surface area contributed by atoms with Crippen LogP contribution in [-0.4, -0.2) is 11.9 Å². The summed E-state index contributed by atoms with van der Waals surface area (Å²) in [5.74, 6) is -0.344. The van der Waals surface area contributed by atoms with Gasteiger partial charge in [0.05, 0.1) is 0 Å². The predicted molar refractivity (Wildman–Crippen MR) is 81.0 cm³/mol. The van der Waals surface area contributed by atoms with Crippen molar-refractivity contribution in [3.8, 4) is 6.07 Å². The van der Waals surface area contributed by atoms with Gasteiger partial charge in [-0.15, -0.1) is 0 Å². The van der Waals surface area contributed by atoms with Crippen molar-refractivity contribution in [3.05, 3.63) is 41.6 Å². The number of aryl methyl sites for hydroxylation is 1. The number of nitrogens with one attached hydrogen (secondary N) is 2. The van der Waals surface area contributed by atoms with Crippen molar-refractivity contribution in [2.75, 3.05) is 5.32 Å². The number of anilines is 1. The van der Waals surface area contributed by atoms with Gasteiger partial charge in [-0.25, -0.2) is 0 Å². The number of nitriles is 1. The molecule has 0 aliphatic carbocycles. The molecule has 1 unspecified atom stereocenters. The van der Waals surface area contributed by atoms with Crippen LogP contribution in [0.3, 0.4) is 0 Å². The van der Waals surface area contributed by atoms with Crippen LogP contribution in [0.4, 0.5) is 5.69 Å². The van der Waals surface area contributed by atoms with E-state index in [0.29, 0.717) is 0 Å². The van der Waals surface area contributed by atoms with Crippen LogP contribution >= 0.6 is 0 Å². The van der Waals surface area contributed by atoms with Crippen LogP contribution in [-0.2, 0) is 11.2 Å². The third kappa shape index (κ3) is 4.43. The summed E-state index contributed by atoms with van der Waals surface area (Å²) in [6, 6.07) is 9.81. The molecule has 0 radical (unpaired) electrons. The number of carbonyl (C=O) groups excluding carboxylic acids is 1. The molecule has 0 aliphatic heterocycles. The summed E-state index contributed by atoms with van der Waals surface area (Å²) in [5.41, 5.74) is 2.14. The van der Waals surface area contributed by atoms with Crippen LogP contribution in [0.15, 0.2) is 36.0 Å². The van der Waals surface area contributed by atoms with Crippen molar-refractivity contribution in [1.82, 2.24) is 5.32 Å². The van der Waals surface area contributed by atoms with Crippen LogP contribution in [0.2, 0.25) is 0 Å². The van der Waals surface area contributed by atoms with E-state index in [1.54, 1.807) is 0 Å². The van der Waals surface area contributed by atoms with E-state index >= 15 is 0 Å². The van der Waals surface area contributed by atoms with Crippen molar-refractivity contribution in [2.24, 2.45) is 0 Å². The second-order valence-corrected chi connectivity index (χ2v) is 4.61. The average molecular weight is 271 g/mol. The standard InChI is InChI=1S/C16H21N3O/c1-4-12(3)19-16(20)14(10-17)11-18-15-9-7-6-8-13(15)5-2/h6-9,11-12,18H,4-5H2,1-3H3,(H,19,20)/b14-11-. The Labute approximate surface area is 120 Å². The SMILES string of the molecule is CCc1ccccc1N/C=C(/C#N)C(=O)NC(C)CC. The average Bonchev–Trinajstić information content (AvgIpc) is 2.48. The molecule has 0 aromatic heterocycles. The third-order valence-electron chi connectivity index (χ3n) is 3.13. The quantitative estimate of drug-likeness (QED) is 0.617. The van der Waals surface area contributed by atoms with E-state index in [1.807, 2.05) is 44.2 Å². The van der Waals surface area contributed by atoms with Crippen LogP contribution in [0.25, 0.3) is 0 Å². The predicted octanol–water partition coefficient (Wildman–Crippen LogP) is 2.98. The van der Waals surface area contributed by atoms with Gasteiger partial charge in [0.15, 0.2) is 0 Å². The first kappa shape index (κ1) is 15.8. The Morgan fingerprint density at radius 1 is 1.40 bits per heavy atom. The zero-order chi connectivity index (χ0) is 15.0. The summed E-state index contributed by atoms with van der Waals surface area (Å²) < 4.78 is 0. The first-order valence-corrected chi connectivity index (χ1v) is 6.87. The van der Waals surface area contributed by atoms with E-state index in [9.17, 15) is 4.79 Å².